The number of rotatable bonds is 9. The molecule has 1 unspecified atom stereocenters. The average Bonchev–Trinajstić information content (AvgIpc) is 3.38. The van der Waals surface area contributed by atoms with Gasteiger partial charge in [-0.2, -0.15) is 0 Å². The van der Waals surface area contributed by atoms with Crippen LogP contribution < -0.4 is 20.4 Å². The van der Waals surface area contributed by atoms with Crippen LogP contribution >= 0.6 is 0 Å². The Labute approximate surface area is 227 Å². The van der Waals surface area contributed by atoms with E-state index in [2.05, 4.69) is 39.5 Å². The fraction of sp³-hybridized carbons (Fsp3) is 0.483. The maximum Gasteiger partial charge on any atom is 0.260 e. The highest BCUT2D eigenvalue weighted by atomic mass is 19.3. The zero-order chi connectivity index (χ0) is 27.6. The molecule has 2 saturated heterocycles. The van der Waals surface area contributed by atoms with Gasteiger partial charge in [-0.3, -0.25) is 14.4 Å². The van der Waals surface area contributed by atoms with Crippen molar-refractivity contribution in [2.45, 2.75) is 38.5 Å². The van der Waals surface area contributed by atoms with Crippen LogP contribution in [0.5, 0.6) is 0 Å². The van der Waals surface area contributed by atoms with Crippen molar-refractivity contribution in [3.05, 3.63) is 53.6 Å². The molecule has 5 rings (SSSR count). The third kappa shape index (κ3) is 6.15. The number of anilines is 3. The Morgan fingerprint density at radius 3 is 2.33 bits per heavy atom. The van der Waals surface area contributed by atoms with Crippen LogP contribution in [0.15, 0.2) is 42.5 Å². The van der Waals surface area contributed by atoms with E-state index in [4.69, 9.17) is 0 Å². The van der Waals surface area contributed by atoms with Crippen LogP contribution in [0.3, 0.4) is 0 Å². The lowest BCUT2D eigenvalue weighted by molar-refractivity contribution is -0.127. The van der Waals surface area contributed by atoms with E-state index in [1.54, 1.807) is 23.1 Å². The standard InChI is InChI=1S/C29H35F2N5O3/c1-20-6-2-3-7-24(20)34-14-16-35(17-15-34)25-10-9-21(18-23(25)33-28(39)22-19-29(22,30)31)27(38)32-11-5-13-36-12-4-8-26(36)37/h2-3,6-7,9-10,18,22H,4-5,8,11-17,19H2,1H3,(H,32,38)(H,33,39). The van der Waals surface area contributed by atoms with E-state index in [0.29, 0.717) is 56.0 Å². The minimum atomic E-state index is -2.98. The Bertz CT molecular complexity index is 1250. The molecule has 10 heteroatoms. The molecule has 0 spiro atoms. The number of carbonyl (C=O) groups excluding carboxylic acids is 3. The molecular formula is C29H35F2N5O3. The van der Waals surface area contributed by atoms with Crippen LogP contribution in [0.4, 0.5) is 25.8 Å². The number of likely N-dealkylation sites (tertiary alicyclic amines) is 1. The van der Waals surface area contributed by atoms with Crippen molar-refractivity contribution in [1.29, 1.82) is 0 Å². The molecular weight excluding hydrogens is 504 g/mol. The molecule has 1 atom stereocenters. The van der Waals surface area contributed by atoms with Crippen LogP contribution in [0.25, 0.3) is 0 Å². The highest BCUT2D eigenvalue weighted by Gasteiger charge is 2.61. The Morgan fingerprint density at radius 2 is 1.69 bits per heavy atom. The summed E-state index contributed by atoms with van der Waals surface area (Å²) in [6.07, 6.45) is 1.64. The second kappa shape index (κ2) is 11.2. The van der Waals surface area contributed by atoms with Crippen LogP contribution in [0, 0.1) is 12.8 Å². The fourth-order valence-corrected chi connectivity index (χ4v) is 5.39. The van der Waals surface area contributed by atoms with Gasteiger partial charge in [-0.15, -0.1) is 0 Å². The number of benzene rings is 2. The zero-order valence-corrected chi connectivity index (χ0v) is 22.2. The zero-order valence-electron chi connectivity index (χ0n) is 22.2. The molecule has 8 nitrogen and oxygen atoms in total. The SMILES string of the molecule is Cc1ccccc1N1CCN(c2ccc(C(=O)NCCCN3CCCC3=O)cc2NC(=O)C2CC2(F)F)CC1. The highest BCUT2D eigenvalue weighted by Crippen LogP contribution is 2.49. The lowest BCUT2D eigenvalue weighted by Gasteiger charge is -2.38. The van der Waals surface area contributed by atoms with Crippen LogP contribution in [0.1, 0.15) is 41.6 Å². The third-order valence-corrected chi connectivity index (χ3v) is 7.80. The van der Waals surface area contributed by atoms with Crippen LogP contribution in [-0.2, 0) is 9.59 Å². The maximum absolute atomic E-state index is 13.6. The summed E-state index contributed by atoms with van der Waals surface area (Å²) in [6.45, 7) is 6.73. The number of nitrogens with one attached hydrogen (secondary N) is 2. The first-order valence-corrected chi connectivity index (χ1v) is 13.7. The number of aryl methyl sites for hydroxylation is 1. The molecule has 3 amide bonds. The Morgan fingerprint density at radius 1 is 1.00 bits per heavy atom. The summed E-state index contributed by atoms with van der Waals surface area (Å²) in [6, 6.07) is 13.3. The Kier molecular flexibility index (Phi) is 7.72. The topological polar surface area (TPSA) is 85.0 Å². The number of halogens is 2. The van der Waals surface area contributed by atoms with Crippen molar-refractivity contribution in [1.82, 2.24) is 10.2 Å². The van der Waals surface area contributed by atoms with E-state index in [1.165, 1.54) is 11.3 Å². The van der Waals surface area contributed by atoms with Gasteiger partial charge in [0.05, 0.1) is 11.4 Å². The first-order chi connectivity index (χ1) is 18.7. The minimum absolute atomic E-state index is 0.151. The molecule has 2 N–H and O–H groups in total. The van der Waals surface area contributed by atoms with E-state index >= 15 is 0 Å². The van der Waals surface area contributed by atoms with Crippen LogP contribution in [-0.4, -0.2) is 74.4 Å². The number of hydrogen-bond donors (Lipinski definition) is 2. The number of para-hydroxylation sites is 1. The summed E-state index contributed by atoms with van der Waals surface area (Å²) in [5.41, 5.74) is 3.80. The molecule has 2 heterocycles. The van der Waals surface area contributed by atoms with Gasteiger partial charge in [0.15, 0.2) is 0 Å². The van der Waals surface area contributed by atoms with Gasteiger partial charge in [-0.05, 0) is 49.6 Å². The predicted molar refractivity (Wildman–Crippen MR) is 146 cm³/mol. The van der Waals surface area contributed by atoms with E-state index in [0.717, 1.165) is 26.1 Å². The van der Waals surface area contributed by atoms with Gasteiger partial charge in [0, 0.05) is 69.9 Å². The normalized spacial score (nSPS) is 20.2. The molecule has 0 radical (unpaired) electrons. The molecule has 1 aliphatic carbocycles. The first-order valence-electron chi connectivity index (χ1n) is 13.7. The number of amides is 3. The van der Waals surface area contributed by atoms with Crippen molar-refractivity contribution < 1.29 is 23.2 Å². The van der Waals surface area contributed by atoms with Crippen molar-refractivity contribution in [2.24, 2.45) is 5.92 Å². The molecule has 2 aromatic rings. The lowest BCUT2D eigenvalue weighted by Crippen LogP contribution is -2.47. The molecule has 208 valence electrons. The molecule has 3 aliphatic rings. The highest BCUT2D eigenvalue weighted by molar-refractivity contribution is 6.01. The number of hydrogen-bond acceptors (Lipinski definition) is 5. The second-order valence-electron chi connectivity index (χ2n) is 10.6. The molecule has 1 saturated carbocycles. The summed E-state index contributed by atoms with van der Waals surface area (Å²) in [4.78, 5) is 43.5. The average molecular weight is 540 g/mol. The van der Waals surface area contributed by atoms with Crippen molar-refractivity contribution in [3.63, 3.8) is 0 Å². The first kappa shape index (κ1) is 26.9. The maximum atomic E-state index is 13.6. The van der Waals surface area contributed by atoms with Gasteiger partial charge in [-0.25, -0.2) is 8.78 Å². The van der Waals surface area contributed by atoms with Crippen molar-refractivity contribution in [2.75, 3.05) is 60.9 Å². The van der Waals surface area contributed by atoms with E-state index in [1.807, 2.05) is 12.1 Å². The quantitative estimate of drug-likeness (QED) is 0.476. The minimum Gasteiger partial charge on any atom is -0.368 e. The van der Waals surface area contributed by atoms with Crippen molar-refractivity contribution in [3.8, 4) is 0 Å². The summed E-state index contributed by atoms with van der Waals surface area (Å²) in [7, 11) is 0. The number of nitrogens with zero attached hydrogens (tertiary/aromatic N) is 3. The van der Waals surface area contributed by atoms with E-state index < -0.39 is 24.2 Å². The fourth-order valence-electron chi connectivity index (χ4n) is 5.39. The lowest BCUT2D eigenvalue weighted by atomic mass is 10.1. The van der Waals surface area contributed by atoms with Gasteiger partial charge < -0.3 is 25.3 Å². The van der Waals surface area contributed by atoms with Gasteiger partial charge in [0.2, 0.25) is 11.8 Å². The third-order valence-electron chi connectivity index (χ3n) is 7.80. The van der Waals surface area contributed by atoms with E-state index in [-0.39, 0.29) is 11.8 Å². The monoisotopic (exact) mass is 539 g/mol. The summed E-state index contributed by atoms with van der Waals surface area (Å²) in [5, 5.41) is 5.55. The predicted octanol–water partition coefficient (Wildman–Crippen LogP) is 3.66. The Balaban J connectivity index is 1.25. The summed E-state index contributed by atoms with van der Waals surface area (Å²) < 4.78 is 27.2. The van der Waals surface area contributed by atoms with Gasteiger partial charge in [0.25, 0.3) is 11.8 Å². The van der Waals surface area contributed by atoms with Gasteiger partial charge in [-0.1, -0.05) is 18.2 Å². The molecule has 0 bridgehead atoms. The molecule has 39 heavy (non-hydrogen) atoms. The number of alkyl halides is 2. The number of piperazine rings is 1. The van der Waals surface area contributed by atoms with Gasteiger partial charge >= 0.3 is 0 Å². The number of carbonyl (C=O) groups is 3. The summed E-state index contributed by atoms with van der Waals surface area (Å²) >= 11 is 0. The summed E-state index contributed by atoms with van der Waals surface area (Å²) in [5.74, 6) is -5.21. The smallest absolute Gasteiger partial charge is 0.260 e. The Hall–Kier alpha value is -3.69. The largest absolute Gasteiger partial charge is 0.368 e. The van der Waals surface area contributed by atoms with Crippen molar-refractivity contribution >= 4 is 34.8 Å². The molecule has 3 fully saturated rings. The second-order valence-corrected chi connectivity index (χ2v) is 10.6. The molecule has 2 aromatic carbocycles. The molecule has 0 aromatic heterocycles. The van der Waals surface area contributed by atoms with E-state index in [9.17, 15) is 23.2 Å². The molecule has 2 aliphatic heterocycles. The van der Waals surface area contributed by atoms with Crippen LogP contribution in [0.2, 0.25) is 0 Å². The van der Waals surface area contributed by atoms with Gasteiger partial charge in [0.1, 0.15) is 5.92 Å².